The van der Waals surface area contributed by atoms with E-state index in [1.807, 2.05) is 22.9 Å². The molecule has 1 unspecified atom stereocenters. The summed E-state index contributed by atoms with van der Waals surface area (Å²) in [5, 5.41) is 14.2. The normalized spacial score (nSPS) is 12.1. The Hall–Kier alpha value is -3.02. The Labute approximate surface area is 171 Å². The van der Waals surface area contributed by atoms with Gasteiger partial charge >= 0.3 is 5.97 Å². The van der Waals surface area contributed by atoms with Gasteiger partial charge in [0.15, 0.2) is 5.82 Å². The maximum Gasteiger partial charge on any atom is 0.336 e. The van der Waals surface area contributed by atoms with E-state index in [2.05, 4.69) is 25.8 Å². The second-order valence-corrected chi connectivity index (χ2v) is 7.24. The fraction of sp³-hybridized carbons (Fsp3) is 0.391. The molecule has 6 heteroatoms. The van der Waals surface area contributed by atoms with Crippen LogP contribution in [0.15, 0.2) is 42.6 Å². The van der Waals surface area contributed by atoms with Crippen molar-refractivity contribution in [3.05, 3.63) is 65.5 Å². The Morgan fingerprint density at radius 1 is 1.10 bits per heavy atom. The molecule has 0 radical (unpaired) electrons. The van der Waals surface area contributed by atoms with E-state index in [4.69, 9.17) is 10.1 Å². The summed E-state index contributed by atoms with van der Waals surface area (Å²) < 4.78 is 1.99. The second kappa shape index (κ2) is 9.45. The Balaban J connectivity index is 1.88. The molecule has 0 saturated heterocycles. The van der Waals surface area contributed by atoms with Gasteiger partial charge in [-0.2, -0.15) is 5.10 Å². The average Bonchev–Trinajstić information content (AvgIpc) is 3.14. The maximum atomic E-state index is 11.5. The first-order valence-corrected chi connectivity index (χ1v) is 10.3. The number of aromatic nitrogens is 4. The van der Waals surface area contributed by atoms with Crippen molar-refractivity contribution in [1.29, 1.82) is 0 Å². The lowest BCUT2D eigenvalue weighted by molar-refractivity contribution is 0.0697. The van der Waals surface area contributed by atoms with E-state index < -0.39 is 5.97 Å². The summed E-state index contributed by atoms with van der Waals surface area (Å²) in [5.74, 6) is 0.951. The van der Waals surface area contributed by atoms with E-state index in [-0.39, 0.29) is 11.6 Å². The zero-order chi connectivity index (χ0) is 20.8. The predicted octanol–water partition coefficient (Wildman–Crippen LogP) is 4.94. The molecule has 0 aliphatic rings. The minimum Gasteiger partial charge on any atom is -0.478 e. The Morgan fingerprint density at radius 2 is 1.90 bits per heavy atom. The first kappa shape index (κ1) is 20.7. The average molecular weight is 393 g/mol. The van der Waals surface area contributed by atoms with Crippen molar-refractivity contribution < 1.29 is 9.90 Å². The van der Waals surface area contributed by atoms with Crippen molar-refractivity contribution in [2.75, 3.05) is 0 Å². The van der Waals surface area contributed by atoms with Crippen molar-refractivity contribution in [2.24, 2.45) is 0 Å². The van der Waals surface area contributed by atoms with Gasteiger partial charge in [-0.25, -0.2) is 14.5 Å². The van der Waals surface area contributed by atoms with E-state index >= 15 is 0 Å². The van der Waals surface area contributed by atoms with Crippen molar-refractivity contribution in [3.63, 3.8) is 0 Å². The molecule has 3 rings (SSSR count). The highest BCUT2D eigenvalue weighted by Gasteiger charge is 2.18. The minimum absolute atomic E-state index is 0.0387. The van der Waals surface area contributed by atoms with Gasteiger partial charge in [0.25, 0.3) is 0 Å². The second-order valence-electron chi connectivity index (χ2n) is 7.24. The molecular weight excluding hydrogens is 364 g/mol. The van der Waals surface area contributed by atoms with Crippen molar-refractivity contribution in [3.8, 4) is 11.1 Å². The van der Waals surface area contributed by atoms with E-state index in [1.165, 1.54) is 0 Å². The molecule has 1 N–H and O–H groups in total. The number of benzene rings is 1. The maximum absolute atomic E-state index is 11.5. The number of carboxylic acid groups (broad SMARTS) is 1. The molecule has 152 valence electrons. The van der Waals surface area contributed by atoms with Gasteiger partial charge in [0.1, 0.15) is 5.82 Å². The molecule has 0 spiro atoms. The largest absolute Gasteiger partial charge is 0.478 e. The van der Waals surface area contributed by atoms with E-state index in [1.54, 1.807) is 24.4 Å². The zero-order valence-electron chi connectivity index (χ0n) is 17.3. The number of nitrogens with zero attached hydrogens (tertiary/aromatic N) is 4. The smallest absolute Gasteiger partial charge is 0.336 e. The predicted molar refractivity (Wildman–Crippen MR) is 113 cm³/mol. The van der Waals surface area contributed by atoms with E-state index in [0.717, 1.165) is 55.0 Å². The molecule has 29 heavy (non-hydrogen) atoms. The first-order valence-electron chi connectivity index (χ1n) is 10.3. The lowest BCUT2D eigenvalue weighted by Gasteiger charge is -2.15. The minimum atomic E-state index is -0.940. The standard InChI is InChI=1S/C23H28N4O2/c1-4-6-12-21-25-22(9-5-2)27(26-21)16(3)20-14-13-17(15-24-20)18-10-7-8-11-19(18)23(28)29/h7-8,10-11,13-16H,4-6,9,12H2,1-3H3,(H,28,29). The van der Waals surface area contributed by atoms with Crippen molar-refractivity contribution in [1.82, 2.24) is 19.7 Å². The number of aryl methyl sites for hydroxylation is 2. The molecule has 6 nitrogen and oxygen atoms in total. The summed E-state index contributed by atoms with van der Waals surface area (Å²) in [6.07, 6.45) is 6.73. The fourth-order valence-electron chi connectivity index (χ4n) is 3.41. The Morgan fingerprint density at radius 3 is 2.55 bits per heavy atom. The van der Waals surface area contributed by atoms with Gasteiger partial charge in [0.2, 0.25) is 0 Å². The van der Waals surface area contributed by atoms with Gasteiger partial charge < -0.3 is 5.11 Å². The number of carboxylic acids is 1. The first-order chi connectivity index (χ1) is 14.0. The molecule has 1 atom stereocenters. The van der Waals surface area contributed by atoms with Gasteiger partial charge in [-0.05, 0) is 37.5 Å². The number of unbranched alkanes of at least 4 members (excludes halogenated alkanes) is 1. The summed E-state index contributed by atoms with van der Waals surface area (Å²) in [5.41, 5.74) is 2.61. The van der Waals surface area contributed by atoms with E-state index in [0.29, 0.717) is 5.56 Å². The molecule has 0 aliphatic carbocycles. The summed E-state index contributed by atoms with van der Waals surface area (Å²) in [6, 6.07) is 10.8. The van der Waals surface area contributed by atoms with E-state index in [9.17, 15) is 9.90 Å². The third-order valence-corrected chi connectivity index (χ3v) is 5.02. The van der Waals surface area contributed by atoms with Crippen LogP contribution in [0.3, 0.4) is 0 Å². The molecule has 0 fully saturated rings. The molecule has 2 aromatic heterocycles. The summed E-state index contributed by atoms with van der Waals surface area (Å²) in [4.78, 5) is 20.9. The third-order valence-electron chi connectivity index (χ3n) is 5.02. The van der Waals surface area contributed by atoms with Gasteiger partial charge in [0, 0.05) is 24.6 Å². The van der Waals surface area contributed by atoms with Crippen LogP contribution in [0.25, 0.3) is 11.1 Å². The van der Waals surface area contributed by atoms with Crippen LogP contribution in [-0.2, 0) is 12.8 Å². The zero-order valence-corrected chi connectivity index (χ0v) is 17.3. The third kappa shape index (κ3) is 4.70. The van der Waals surface area contributed by atoms with Crippen LogP contribution in [-0.4, -0.2) is 30.8 Å². The molecule has 2 heterocycles. The molecule has 0 saturated carbocycles. The lowest BCUT2D eigenvalue weighted by Crippen LogP contribution is -2.14. The van der Waals surface area contributed by atoms with Crippen LogP contribution in [0.5, 0.6) is 0 Å². The van der Waals surface area contributed by atoms with Crippen molar-refractivity contribution >= 4 is 5.97 Å². The molecule has 0 amide bonds. The topological polar surface area (TPSA) is 80.9 Å². The number of rotatable bonds is 9. The van der Waals surface area contributed by atoms with Gasteiger partial charge in [-0.3, -0.25) is 4.98 Å². The molecular formula is C23H28N4O2. The lowest BCUT2D eigenvalue weighted by atomic mass is 10.0. The van der Waals surface area contributed by atoms with Gasteiger partial charge in [-0.1, -0.05) is 44.5 Å². The molecule has 3 aromatic rings. The fourth-order valence-corrected chi connectivity index (χ4v) is 3.41. The number of pyridine rings is 1. The van der Waals surface area contributed by atoms with Crippen LogP contribution >= 0.6 is 0 Å². The number of hydrogen-bond acceptors (Lipinski definition) is 4. The molecule has 1 aromatic carbocycles. The van der Waals surface area contributed by atoms with Gasteiger partial charge in [0.05, 0.1) is 17.3 Å². The summed E-state index contributed by atoms with van der Waals surface area (Å²) >= 11 is 0. The SMILES string of the molecule is CCCCc1nc(CCC)n(C(C)c2ccc(-c3ccccc3C(=O)O)cn2)n1. The van der Waals surface area contributed by atoms with Crippen LogP contribution in [0.4, 0.5) is 0 Å². The monoisotopic (exact) mass is 392 g/mol. The van der Waals surface area contributed by atoms with Crippen LogP contribution in [0.1, 0.15) is 73.8 Å². The van der Waals surface area contributed by atoms with Crippen LogP contribution in [0, 0.1) is 0 Å². The number of hydrogen-bond donors (Lipinski definition) is 1. The number of carbonyl (C=O) groups is 1. The Bertz CT molecular complexity index is 963. The van der Waals surface area contributed by atoms with Crippen molar-refractivity contribution in [2.45, 2.75) is 58.9 Å². The van der Waals surface area contributed by atoms with Crippen LogP contribution in [0.2, 0.25) is 0 Å². The number of aromatic carboxylic acids is 1. The highest BCUT2D eigenvalue weighted by atomic mass is 16.4. The Kier molecular flexibility index (Phi) is 6.75. The quantitative estimate of drug-likeness (QED) is 0.558. The highest BCUT2D eigenvalue weighted by molar-refractivity contribution is 5.95. The molecule has 0 aliphatic heterocycles. The summed E-state index contributed by atoms with van der Waals surface area (Å²) in [7, 11) is 0. The highest BCUT2D eigenvalue weighted by Crippen LogP contribution is 2.25. The summed E-state index contributed by atoms with van der Waals surface area (Å²) in [6.45, 7) is 6.38. The van der Waals surface area contributed by atoms with Crippen LogP contribution < -0.4 is 0 Å². The van der Waals surface area contributed by atoms with Gasteiger partial charge in [-0.15, -0.1) is 0 Å². The molecule has 0 bridgehead atoms.